The lowest BCUT2D eigenvalue weighted by molar-refractivity contribution is -0.149. The molecule has 100 valence electrons. The van der Waals surface area contributed by atoms with E-state index in [1.165, 1.54) is 18.2 Å². The average molecular weight is 284 g/mol. The van der Waals surface area contributed by atoms with Crippen molar-refractivity contribution < 1.29 is 18.0 Å². The van der Waals surface area contributed by atoms with Gasteiger partial charge >= 0.3 is 6.18 Å². The van der Waals surface area contributed by atoms with Gasteiger partial charge in [0.2, 0.25) is 0 Å². The Morgan fingerprint density at radius 1 is 1.11 bits per heavy atom. The molecular formula is C14H11F3OS. The zero-order valence-corrected chi connectivity index (χ0v) is 10.7. The molecule has 1 aromatic carbocycles. The molecule has 0 aliphatic rings. The fourth-order valence-electron chi connectivity index (χ4n) is 1.79. The van der Waals surface area contributed by atoms with Crippen molar-refractivity contribution in [1.82, 2.24) is 0 Å². The van der Waals surface area contributed by atoms with Crippen molar-refractivity contribution in [3.8, 4) is 0 Å². The second-order valence-corrected chi connectivity index (χ2v) is 5.08. The Labute approximate surface area is 112 Å². The number of hydrogen-bond donors (Lipinski definition) is 0. The molecule has 0 fully saturated rings. The third kappa shape index (κ3) is 3.44. The molecule has 1 atom stereocenters. The van der Waals surface area contributed by atoms with Crippen LogP contribution in [0.4, 0.5) is 13.2 Å². The molecule has 0 saturated carbocycles. The zero-order valence-electron chi connectivity index (χ0n) is 9.85. The lowest BCUT2D eigenvalue weighted by Gasteiger charge is -2.18. The topological polar surface area (TPSA) is 17.1 Å². The normalized spacial score (nSPS) is 13.2. The van der Waals surface area contributed by atoms with E-state index in [1.54, 1.807) is 29.6 Å². The summed E-state index contributed by atoms with van der Waals surface area (Å²) in [5.41, 5.74) is 0.313. The molecule has 0 unspecified atom stereocenters. The van der Waals surface area contributed by atoms with E-state index in [-0.39, 0.29) is 4.88 Å². The van der Waals surface area contributed by atoms with Crippen LogP contribution in [-0.2, 0) is 0 Å². The maximum absolute atomic E-state index is 13.0. The second kappa shape index (κ2) is 5.57. The van der Waals surface area contributed by atoms with Crippen LogP contribution in [0.15, 0.2) is 47.8 Å². The third-order valence-corrected chi connectivity index (χ3v) is 3.75. The molecule has 0 radical (unpaired) electrons. The molecule has 0 aliphatic heterocycles. The van der Waals surface area contributed by atoms with Crippen molar-refractivity contribution in [3.63, 3.8) is 0 Å². The fraction of sp³-hybridized carbons (Fsp3) is 0.214. The lowest BCUT2D eigenvalue weighted by atomic mass is 9.96. The Balaban J connectivity index is 2.21. The summed E-state index contributed by atoms with van der Waals surface area (Å²) < 4.78 is 39.0. The average Bonchev–Trinajstić information content (AvgIpc) is 2.88. The fourth-order valence-corrected chi connectivity index (χ4v) is 2.65. The number of thiophene rings is 1. The van der Waals surface area contributed by atoms with Gasteiger partial charge in [-0.3, -0.25) is 4.79 Å². The largest absolute Gasteiger partial charge is 0.396 e. The molecule has 0 amide bonds. The number of carbonyl (C=O) groups is 1. The molecule has 2 aromatic rings. The summed E-state index contributed by atoms with van der Waals surface area (Å²) in [6.45, 7) is 0. The number of alkyl halides is 3. The van der Waals surface area contributed by atoms with Gasteiger partial charge in [-0.15, -0.1) is 11.3 Å². The first-order valence-corrected chi connectivity index (χ1v) is 6.55. The summed E-state index contributed by atoms with van der Waals surface area (Å²) in [4.78, 5) is 12.1. The second-order valence-electron chi connectivity index (χ2n) is 4.10. The molecule has 19 heavy (non-hydrogen) atoms. The molecule has 1 nitrogen and oxygen atoms in total. The third-order valence-electron chi connectivity index (χ3n) is 2.77. The monoisotopic (exact) mass is 284 g/mol. The van der Waals surface area contributed by atoms with Gasteiger partial charge in [0.1, 0.15) is 0 Å². The highest BCUT2D eigenvalue weighted by Gasteiger charge is 2.42. The van der Waals surface area contributed by atoms with Crippen LogP contribution in [0.2, 0.25) is 0 Å². The molecule has 2 rings (SSSR count). The van der Waals surface area contributed by atoms with E-state index in [2.05, 4.69) is 0 Å². The van der Waals surface area contributed by atoms with Gasteiger partial charge in [0, 0.05) is 16.9 Å². The highest BCUT2D eigenvalue weighted by atomic mass is 32.1. The number of rotatable bonds is 4. The van der Waals surface area contributed by atoms with Crippen molar-refractivity contribution in [2.24, 2.45) is 0 Å². The van der Waals surface area contributed by atoms with Crippen molar-refractivity contribution in [2.45, 2.75) is 18.5 Å². The maximum atomic E-state index is 13.0. The molecule has 0 N–H and O–H groups in total. The van der Waals surface area contributed by atoms with Crippen LogP contribution in [0, 0.1) is 0 Å². The minimum absolute atomic E-state index is 0.178. The summed E-state index contributed by atoms with van der Waals surface area (Å²) >= 11 is 1.02. The van der Waals surface area contributed by atoms with E-state index in [9.17, 15) is 18.0 Å². The van der Waals surface area contributed by atoms with Crippen molar-refractivity contribution in [2.75, 3.05) is 0 Å². The van der Waals surface area contributed by atoms with E-state index in [1.807, 2.05) is 0 Å². The zero-order chi connectivity index (χ0) is 13.9. The van der Waals surface area contributed by atoms with Crippen LogP contribution in [0.5, 0.6) is 0 Å². The molecule has 1 aromatic heterocycles. The van der Waals surface area contributed by atoms with Crippen LogP contribution in [0.3, 0.4) is 0 Å². The molecule has 0 saturated heterocycles. The summed E-state index contributed by atoms with van der Waals surface area (Å²) in [6, 6.07) is 11.0. The van der Waals surface area contributed by atoms with Crippen LogP contribution in [0.1, 0.15) is 27.6 Å². The molecule has 0 spiro atoms. The van der Waals surface area contributed by atoms with E-state index in [0.717, 1.165) is 11.3 Å². The summed E-state index contributed by atoms with van der Waals surface area (Å²) in [5.74, 6) is -2.21. The Morgan fingerprint density at radius 3 is 2.32 bits per heavy atom. The van der Waals surface area contributed by atoms with E-state index < -0.39 is 24.3 Å². The van der Waals surface area contributed by atoms with Crippen LogP contribution in [-0.4, -0.2) is 12.0 Å². The smallest absolute Gasteiger partial charge is 0.294 e. The van der Waals surface area contributed by atoms with E-state index in [0.29, 0.717) is 5.56 Å². The summed E-state index contributed by atoms with van der Waals surface area (Å²) in [5, 5.41) is 1.58. The minimum Gasteiger partial charge on any atom is -0.294 e. The first kappa shape index (κ1) is 13.8. The minimum atomic E-state index is -4.41. The summed E-state index contributed by atoms with van der Waals surface area (Å²) in [7, 11) is 0. The standard InChI is InChI=1S/C14H11F3OS/c15-14(16,17)11(13-7-4-8-19-13)9-12(18)10-5-2-1-3-6-10/h1-8,11H,9H2/t11-/m0/s1. The molecule has 1 heterocycles. The first-order valence-electron chi connectivity index (χ1n) is 5.67. The predicted molar refractivity (Wildman–Crippen MR) is 68.5 cm³/mol. The molecule has 0 bridgehead atoms. The number of hydrogen-bond acceptors (Lipinski definition) is 2. The van der Waals surface area contributed by atoms with Gasteiger partial charge in [-0.2, -0.15) is 13.2 Å². The lowest BCUT2D eigenvalue weighted by Crippen LogP contribution is -2.23. The number of halogens is 3. The SMILES string of the molecule is O=C(C[C@@H](c1cccs1)C(F)(F)F)c1ccccc1. The van der Waals surface area contributed by atoms with Gasteiger partial charge in [-0.1, -0.05) is 36.4 Å². The quantitative estimate of drug-likeness (QED) is 0.746. The van der Waals surface area contributed by atoms with Crippen molar-refractivity contribution >= 4 is 17.1 Å². The van der Waals surface area contributed by atoms with Gasteiger partial charge in [0.25, 0.3) is 0 Å². The van der Waals surface area contributed by atoms with Gasteiger partial charge < -0.3 is 0 Å². The van der Waals surface area contributed by atoms with Crippen molar-refractivity contribution in [3.05, 3.63) is 58.3 Å². The highest BCUT2D eigenvalue weighted by molar-refractivity contribution is 7.10. The number of benzene rings is 1. The van der Waals surface area contributed by atoms with Crippen molar-refractivity contribution in [1.29, 1.82) is 0 Å². The van der Waals surface area contributed by atoms with Gasteiger partial charge in [0.15, 0.2) is 5.78 Å². The van der Waals surface area contributed by atoms with Crippen LogP contribution in [0.25, 0.3) is 0 Å². The Bertz CT molecular complexity index is 532. The van der Waals surface area contributed by atoms with Gasteiger partial charge in [-0.05, 0) is 11.4 Å². The van der Waals surface area contributed by atoms with Crippen LogP contribution >= 0.6 is 11.3 Å². The number of carbonyl (C=O) groups excluding carboxylic acids is 1. The van der Waals surface area contributed by atoms with Gasteiger partial charge in [-0.25, -0.2) is 0 Å². The predicted octanol–water partition coefficient (Wildman–Crippen LogP) is 4.67. The number of ketones is 1. The maximum Gasteiger partial charge on any atom is 0.396 e. The van der Waals surface area contributed by atoms with Gasteiger partial charge in [0.05, 0.1) is 5.92 Å². The molecule has 5 heteroatoms. The molecular weight excluding hydrogens is 273 g/mol. The molecule has 0 aliphatic carbocycles. The Hall–Kier alpha value is -1.62. The van der Waals surface area contributed by atoms with E-state index >= 15 is 0 Å². The first-order chi connectivity index (χ1) is 8.98. The number of Topliss-reactive ketones (excluding diaryl/α,β-unsaturated/α-hetero) is 1. The summed E-state index contributed by atoms with van der Waals surface area (Å²) in [6.07, 6.45) is -4.96. The van der Waals surface area contributed by atoms with Crippen LogP contribution < -0.4 is 0 Å². The highest BCUT2D eigenvalue weighted by Crippen LogP contribution is 2.40. The Kier molecular flexibility index (Phi) is 4.04. The Morgan fingerprint density at radius 2 is 1.79 bits per heavy atom. The van der Waals surface area contributed by atoms with E-state index in [4.69, 9.17) is 0 Å².